The fourth-order valence-electron chi connectivity index (χ4n) is 6.80. The van der Waals surface area contributed by atoms with Crippen molar-refractivity contribution in [3.8, 4) is 0 Å². The molecule has 2 bridgehead atoms. The van der Waals surface area contributed by atoms with E-state index in [-0.39, 0.29) is 28.8 Å². The van der Waals surface area contributed by atoms with Gasteiger partial charge in [-0.3, -0.25) is 4.79 Å². The van der Waals surface area contributed by atoms with Gasteiger partial charge >= 0.3 is 0 Å². The number of rotatable bonds is 4. The van der Waals surface area contributed by atoms with Crippen LogP contribution in [-0.2, 0) is 9.53 Å². The molecule has 0 spiro atoms. The van der Waals surface area contributed by atoms with Crippen molar-refractivity contribution >= 4 is 29.1 Å². The Morgan fingerprint density at radius 1 is 1.27 bits per heavy atom. The maximum Gasteiger partial charge on any atom is 0.152 e. The molecule has 3 saturated carbocycles. The summed E-state index contributed by atoms with van der Waals surface area (Å²) in [5.41, 5.74) is -0.254. The quantitative estimate of drug-likeness (QED) is 0.701. The molecule has 0 saturated heterocycles. The number of ketones is 1. The second-order valence-corrected chi connectivity index (χ2v) is 11.4. The summed E-state index contributed by atoms with van der Waals surface area (Å²) in [4.78, 5) is 13.7. The Bertz CT molecular complexity index is 557. The van der Waals surface area contributed by atoms with E-state index in [1.807, 2.05) is 6.92 Å². The molecule has 3 nitrogen and oxygen atoms in total. The summed E-state index contributed by atoms with van der Waals surface area (Å²) in [6.07, 6.45) is 4.36. The van der Waals surface area contributed by atoms with E-state index in [0.717, 1.165) is 31.4 Å². The van der Waals surface area contributed by atoms with E-state index in [1.54, 1.807) is 18.9 Å². The van der Waals surface area contributed by atoms with Gasteiger partial charge < -0.3 is 9.84 Å². The lowest BCUT2D eigenvalue weighted by molar-refractivity contribution is -0.182. The minimum Gasteiger partial charge on any atom is -0.392 e. The Kier molecular flexibility index (Phi) is 5.83. The van der Waals surface area contributed by atoms with E-state index in [1.165, 1.54) is 0 Å². The summed E-state index contributed by atoms with van der Waals surface area (Å²) in [6, 6.07) is 0. The van der Waals surface area contributed by atoms with Crippen LogP contribution in [-0.4, -0.2) is 46.6 Å². The Morgan fingerprint density at radius 3 is 2.54 bits per heavy atom. The molecular formula is C21H35ClO3S. The minimum absolute atomic E-state index is 0.000185. The van der Waals surface area contributed by atoms with Crippen LogP contribution in [0.2, 0.25) is 0 Å². The molecule has 5 heteroatoms. The molecule has 3 aliphatic rings. The molecule has 150 valence electrons. The molecule has 1 N–H and O–H groups in total. The predicted molar refractivity (Wildman–Crippen MR) is 109 cm³/mol. The zero-order valence-corrected chi connectivity index (χ0v) is 18.5. The van der Waals surface area contributed by atoms with E-state index >= 15 is 0 Å². The van der Waals surface area contributed by atoms with Gasteiger partial charge in [-0.2, -0.15) is 0 Å². The number of hydrogen-bond acceptors (Lipinski definition) is 4. The smallest absolute Gasteiger partial charge is 0.152 e. The number of methoxy groups -OCH3 is 1. The molecule has 0 aliphatic heterocycles. The Labute approximate surface area is 168 Å². The highest BCUT2D eigenvalue weighted by Crippen LogP contribution is 2.68. The highest BCUT2D eigenvalue weighted by molar-refractivity contribution is 8.01. The first-order chi connectivity index (χ1) is 12.2. The van der Waals surface area contributed by atoms with E-state index in [4.69, 9.17) is 16.3 Å². The van der Waals surface area contributed by atoms with Crippen LogP contribution in [0.1, 0.15) is 59.8 Å². The summed E-state index contributed by atoms with van der Waals surface area (Å²) in [7, 11) is 1.80. The zero-order chi connectivity index (χ0) is 19.3. The van der Waals surface area contributed by atoms with Crippen molar-refractivity contribution in [3.63, 3.8) is 0 Å². The van der Waals surface area contributed by atoms with Crippen LogP contribution in [0.5, 0.6) is 0 Å². The van der Waals surface area contributed by atoms with Gasteiger partial charge in [-0.15, -0.1) is 23.4 Å². The number of aliphatic hydroxyl groups is 1. The van der Waals surface area contributed by atoms with E-state index in [0.29, 0.717) is 24.0 Å². The fourth-order valence-corrected chi connectivity index (χ4v) is 8.15. The number of alkyl halides is 1. The molecular weight excluding hydrogens is 368 g/mol. The third kappa shape index (κ3) is 2.81. The maximum atomic E-state index is 13.7. The van der Waals surface area contributed by atoms with E-state index in [2.05, 4.69) is 20.8 Å². The first kappa shape index (κ1) is 21.0. The predicted octanol–water partition coefficient (Wildman–Crippen LogP) is 4.53. The lowest BCUT2D eigenvalue weighted by atomic mass is 9.45. The molecule has 3 aliphatic carbocycles. The molecule has 8 atom stereocenters. The SMILES string of the molecule is CO[C@@H]1CCC23CC[C@@H](C)[C@](C)(C12)[C@H](O)C[C@@](C)(SCCCl)C(=O)[C@@H]3C. The molecule has 0 heterocycles. The number of thioether (sulfide) groups is 1. The summed E-state index contributed by atoms with van der Waals surface area (Å²) in [5.74, 6) is 2.26. The van der Waals surface area contributed by atoms with Gasteiger partial charge in [0, 0.05) is 30.1 Å². The summed E-state index contributed by atoms with van der Waals surface area (Å²) >= 11 is 7.58. The molecule has 0 radical (unpaired) electrons. The standard InChI is InChI=1S/C21H35ClO3S/c1-13-6-8-21-9-7-15(25-5)17(21)20(13,4)16(23)12-19(3,26-11-10-22)18(24)14(21)2/h13-17,23H,6-12H2,1-5H3/t13-,14+,15-,16-,17?,19-,20+,21?/m1/s1. The van der Waals surface area contributed by atoms with Gasteiger partial charge in [0.05, 0.1) is 17.0 Å². The second-order valence-electron chi connectivity index (χ2n) is 9.40. The zero-order valence-electron chi connectivity index (χ0n) is 16.9. The monoisotopic (exact) mass is 402 g/mol. The van der Waals surface area contributed by atoms with Crippen LogP contribution in [0.3, 0.4) is 0 Å². The number of Topliss-reactive ketones (excluding diaryl/α,β-unsaturated/α-hetero) is 1. The Morgan fingerprint density at radius 2 is 1.92 bits per heavy atom. The number of aliphatic hydroxyl groups excluding tert-OH is 1. The largest absolute Gasteiger partial charge is 0.392 e. The molecule has 2 unspecified atom stereocenters. The van der Waals surface area contributed by atoms with Crippen molar-refractivity contribution in [2.45, 2.75) is 76.8 Å². The maximum absolute atomic E-state index is 13.7. The number of halogens is 1. The number of carbonyl (C=O) groups excluding carboxylic acids is 1. The number of hydrogen-bond donors (Lipinski definition) is 1. The summed E-state index contributed by atoms with van der Waals surface area (Å²) in [6.45, 7) is 8.75. The van der Waals surface area contributed by atoms with E-state index < -0.39 is 10.9 Å². The lowest BCUT2D eigenvalue weighted by Gasteiger charge is -2.61. The highest BCUT2D eigenvalue weighted by Gasteiger charge is 2.67. The van der Waals surface area contributed by atoms with Crippen LogP contribution in [0.15, 0.2) is 0 Å². The lowest BCUT2D eigenvalue weighted by Crippen LogP contribution is -2.63. The summed E-state index contributed by atoms with van der Waals surface area (Å²) in [5, 5.41) is 11.5. The van der Waals surface area contributed by atoms with Gasteiger partial charge in [0.2, 0.25) is 0 Å². The fraction of sp³-hybridized carbons (Fsp3) is 0.952. The summed E-state index contributed by atoms with van der Waals surface area (Å²) < 4.78 is 5.37. The third-order valence-corrected chi connectivity index (χ3v) is 10.4. The topological polar surface area (TPSA) is 46.5 Å². The molecule has 3 fully saturated rings. The van der Waals surface area contributed by atoms with Crippen LogP contribution >= 0.6 is 23.4 Å². The van der Waals surface area contributed by atoms with Gasteiger partial charge in [0.1, 0.15) is 0 Å². The van der Waals surface area contributed by atoms with Gasteiger partial charge in [-0.25, -0.2) is 0 Å². The Hall–Kier alpha value is 0.230. The van der Waals surface area contributed by atoms with Gasteiger partial charge in [0.25, 0.3) is 0 Å². The van der Waals surface area contributed by atoms with Crippen molar-refractivity contribution in [1.29, 1.82) is 0 Å². The van der Waals surface area contributed by atoms with Crippen molar-refractivity contribution in [3.05, 3.63) is 0 Å². The number of ether oxygens (including phenoxy) is 1. The van der Waals surface area contributed by atoms with Crippen molar-refractivity contribution in [2.24, 2.45) is 28.6 Å². The molecule has 26 heavy (non-hydrogen) atoms. The van der Waals surface area contributed by atoms with Crippen LogP contribution in [0.4, 0.5) is 0 Å². The van der Waals surface area contributed by atoms with Crippen molar-refractivity contribution in [1.82, 2.24) is 0 Å². The minimum atomic E-state index is -0.560. The molecule has 3 rings (SSSR count). The molecule has 0 aromatic carbocycles. The van der Waals surface area contributed by atoms with Crippen molar-refractivity contribution < 1.29 is 14.6 Å². The van der Waals surface area contributed by atoms with Gasteiger partial charge in [-0.05, 0) is 56.3 Å². The average Bonchev–Trinajstić information content (AvgIpc) is 3.02. The van der Waals surface area contributed by atoms with Crippen LogP contribution < -0.4 is 0 Å². The van der Waals surface area contributed by atoms with Gasteiger partial charge in [-0.1, -0.05) is 20.8 Å². The first-order valence-corrected chi connectivity index (χ1v) is 11.6. The second kappa shape index (κ2) is 7.24. The Balaban J connectivity index is 2.12. The van der Waals surface area contributed by atoms with Crippen LogP contribution in [0.25, 0.3) is 0 Å². The molecule has 0 amide bonds. The van der Waals surface area contributed by atoms with Crippen LogP contribution in [0, 0.1) is 28.6 Å². The third-order valence-electron chi connectivity index (χ3n) is 8.54. The van der Waals surface area contributed by atoms with E-state index in [9.17, 15) is 9.90 Å². The average molecular weight is 403 g/mol. The first-order valence-electron chi connectivity index (χ1n) is 10.1. The molecule has 0 aromatic rings. The molecule has 0 aromatic heterocycles. The normalized spacial score (nSPS) is 51.7. The highest BCUT2D eigenvalue weighted by atomic mass is 35.5. The number of carbonyl (C=O) groups is 1. The van der Waals surface area contributed by atoms with Crippen molar-refractivity contribution in [2.75, 3.05) is 18.7 Å². The van der Waals surface area contributed by atoms with Gasteiger partial charge in [0.15, 0.2) is 5.78 Å².